The van der Waals surface area contributed by atoms with E-state index in [4.69, 9.17) is 40.3 Å². The minimum atomic E-state index is -5.39. The van der Waals surface area contributed by atoms with Crippen molar-refractivity contribution in [2.24, 2.45) is 5.73 Å². The molecule has 0 aliphatic heterocycles. The van der Waals surface area contributed by atoms with Crippen LogP contribution in [0.25, 0.3) is 0 Å². The van der Waals surface area contributed by atoms with E-state index in [9.17, 15) is 4.79 Å². The molecule has 0 aliphatic carbocycles. The largest absolute Gasteiger partial charge is 1.00 e. The number of benzene rings is 1. The predicted octanol–water partition coefficient (Wildman–Crippen LogP) is -11.8. The first-order chi connectivity index (χ1) is 8.50. The van der Waals surface area contributed by atoms with Gasteiger partial charge in [-0.1, -0.05) is 6.07 Å². The molecule has 108 valence electrons. The maximum Gasteiger partial charge on any atom is 1.00 e. The quantitative estimate of drug-likeness (QED) is 0.230. The average molecular weight is 361 g/mol. The molecule has 0 radical (unpaired) electrons. The molecule has 0 heterocycles. The number of nitrogens with two attached hydrogens (primary N) is 1. The normalized spacial score (nSPS) is 10.5. The van der Waals surface area contributed by atoms with Gasteiger partial charge in [0.2, 0.25) is 0 Å². The van der Waals surface area contributed by atoms with Gasteiger partial charge in [-0.25, -0.2) is 0 Å². The van der Waals surface area contributed by atoms with Crippen molar-refractivity contribution in [3.05, 3.63) is 23.8 Å². The Morgan fingerprint density at radius 1 is 1.14 bits per heavy atom. The number of aromatic hydroxyl groups is 2. The molecule has 0 unspecified atom stereocenters. The summed E-state index contributed by atoms with van der Waals surface area (Å²) < 4.78 is 8.55. The smallest absolute Gasteiger partial charge is 0.822 e. The second-order valence-electron chi connectivity index (χ2n) is 3.42. The van der Waals surface area contributed by atoms with E-state index in [1.54, 1.807) is 0 Å². The first kappa shape index (κ1) is 31.2. The molecule has 1 rings (SSSR count). The SMILES string of the molecule is N[C@@H](Cc1ccc(O)c(O)c1)C(=O)O.O=P([O-])([O-])[O-].[Na+].[Na+].[Na+]. The Morgan fingerprint density at radius 3 is 1.86 bits per heavy atom. The zero-order valence-corrected chi connectivity index (χ0v) is 19.3. The van der Waals surface area contributed by atoms with Gasteiger partial charge in [0.1, 0.15) is 6.04 Å². The van der Waals surface area contributed by atoms with Gasteiger partial charge < -0.3 is 40.3 Å². The van der Waals surface area contributed by atoms with Crippen LogP contribution in [0.3, 0.4) is 0 Å². The predicted molar refractivity (Wildman–Crippen MR) is 56.7 cm³/mol. The summed E-state index contributed by atoms with van der Waals surface area (Å²) in [7, 11) is -5.39. The van der Waals surface area contributed by atoms with Crippen LogP contribution in [-0.2, 0) is 15.8 Å². The van der Waals surface area contributed by atoms with Crippen molar-refractivity contribution >= 4 is 13.8 Å². The van der Waals surface area contributed by atoms with Gasteiger partial charge in [0.15, 0.2) is 11.5 Å². The summed E-state index contributed by atoms with van der Waals surface area (Å²) in [6.07, 6.45) is 0.114. The van der Waals surface area contributed by atoms with Crippen molar-refractivity contribution in [3.63, 3.8) is 0 Å². The van der Waals surface area contributed by atoms with E-state index in [1.807, 2.05) is 0 Å². The maximum atomic E-state index is 10.4. The summed E-state index contributed by atoms with van der Waals surface area (Å²) in [5.41, 5.74) is 5.86. The van der Waals surface area contributed by atoms with E-state index in [-0.39, 0.29) is 107 Å². The summed E-state index contributed by atoms with van der Waals surface area (Å²) in [6, 6.07) is 3.09. The van der Waals surface area contributed by atoms with Crippen molar-refractivity contribution < 1.29 is 128 Å². The van der Waals surface area contributed by atoms with Crippen molar-refractivity contribution in [2.45, 2.75) is 12.5 Å². The average Bonchev–Trinajstić information content (AvgIpc) is 2.21. The number of phenols is 2. The molecule has 0 spiro atoms. The van der Waals surface area contributed by atoms with Crippen molar-refractivity contribution in [2.75, 3.05) is 0 Å². The van der Waals surface area contributed by atoms with Crippen molar-refractivity contribution in [1.82, 2.24) is 0 Å². The van der Waals surface area contributed by atoms with Gasteiger partial charge in [0.05, 0.1) is 0 Å². The van der Waals surface area contributed by atoms with Crippen molar-refractivity contribution in [3.8, 4) is 11.5 Å². The monoisotopic (exact) mass is 361 g/mol. The summed E-state index contributed by atoms with van der Waals surface area (Å²) in [5.74, 6) is -1.62. The van der Waals surface area contributed by atoms with Crippen LogP contribution in [0, 0.1) is 0 Å². The first-order valence-corrected chi connectivity index (χ1v) is 6.19. The number of aliphatic carboxylic acids is 1. The van der Waals surface area contributed by atoms with Gasteiger partial charge in [-0.15, -0.1) is 0 Å². The molecule has 13 heteroatoms. The molecule has 0 saturated carbocycles. The minimum Gasteiger partial charge on any atom is -0.822 e. The van der Waals surface area contributed by atoms with Gasteiger partial charge in [0.25, 0.3) is 0 Å². The van der Waals surface area contributed by atoms with Crippen LogP contribution < -0.4 is 109 Å². The second kappa shape index (κ2) is 14.7. The topological polar surface area (TPSA) is 190 Å². The van der Waals surface area contributed by atoms with Gasteiger partial charge in [-0.3, -0.25) is 4.79 Å². The Labute approximate surface area is 193 Å². The maximum absolute atomic E-state index is 10.4. The summed E-state index contributed by atoms with van der Waals surface area (Å²) in [6.45, 7) is 0. The minimum absolute atomic E-state index is 0. The number of hydrogen-bond acceptors (Lipinski definition) is 8. The van der Waals surface area contributed by atoms with E-state index in [0.29, 0.717) is 5.56 Å². The third-order valence-electron chi connectivity index (χ3n) is 1.81. The Morgan fingerprint density at radius 2 is 1.55 bits per heavy atom. The third-order valence-corrected chi connectivity index (χ3v) is 1.81. The molecular formula is C9H11NNa3O8P. The van der Waals surface area contributed by atoms with E-state index in [0.717, 1.165) is 0 Å². The van der Waals surface area contributed by atoms with Crippen LogP contribution >= 0.6 is 7.82 Å². The Bertz CT molecular complexity index is 489. The summed E-state index contributed by atoms with van der Waals surface area (Å²) in [5, 5.41) is 26.6. The fraction of sp³-hybridized carbons (Fsp3) is 0.222. The summed E-state index contributed by atoms with van der Waals surface area (Å²) >= 11 is 0. The van der Waals surface area contributed by atoms with E-state index >= 15 is 0 Å². The molecule has 22 heavy (non-hydrogen) atoms. The summed E-state index contributed by atoms with van der Waals surface area (Å²) in [4.78, 5) is 36.1. The molecule has 1 aromatic rings. The molecule has 0 amide bonds. The molecule has 0 aliphatic rings. The fourth-order valence-corrected chi connectivity index (χ4v) is 1.04. The Hall–Kier alpha value is 1.36. The number of phosphoric acid groups is 1. The van der Waals surface area contributed by atoms with Crippen molar-refractivity contribution in [1.29, 1.82) is 0 Å². The van der Waals surface area contributed by atoms with Crippen LogP contribution in [0.5, 0.6) is 11.5 Å². The standard InChI is InChI=1S/C9H11NO4.3Na.H3O4P/c10-6(9(13)14)3-5-1-2-7(11)8(12)4-5;;;;1-5(2,3)4/h1-2,4,6,11-12H,3,10H2,(H,13,14);;;;(H3,1,2,3,4)/q;3*+1;/p-3/t6-;;;;/m0..../s1. The first-order valence-electron chi connectivity index (χ1n) is 4.73. The number of carbonyl (C=O) groups is 1. The number of carboxylic acid groups (broad SMARTS) is 1. The second-order valence-corrected chi connectivity index (χ2v) is 4.31. The molecular weight excluding hydrogens is 350 g/mol. The Balaban J connectivity index is -0.000000179. The van der Waals surface area contributed by atoms with E-state index in [1.165, 1.54) is 18.2 Å². The Kier molecular flexibility index (Phi) is 20.8. The number of phenolic OH excluding ortho intramolecular Hbond substituents is 2. The molecule has 0 aromatic heterocycles. The number of carboxylic acids is 1. The zero-order valence-electron chi connectivity index (χ0n) is 12.4. The molecule has 9 nitrogen and oxygen atoms in total. The molecule has 0 bridgehead atoms. The third kappa shape index (κ3) is 17.7. The fourth-order valence-electron chi connectivity index (χ4n) is 1.04. The van der Waals surface area contributed by atoms with Gasteiger partial charge in [-0.05, 0) is 24.1 Å². The van der Waals surface area contributed by atoms with Gasteiger partial charge >= 0.3 is 94.6 Å². The molecule has 0 fully saturated rings. The zero-order chi connectivity index (χ0) is 15.2. The van der Waals surface area contributed by atoms with E-state index < -0.39 is 19.8 Å². The van der Waals surface area contributed by atoms with Crippen LogP contribution in [-0.4, -0.2) is 27.3 Å². The van der Waals surface area contributed by atoms with Gasteiger partial charge in [-0.2, -0.15) is 7.82 Å². The molecule has 0 saturated heterocycles. The van der Waals surface area contributed by atoms with Crippen LogP contribution in [0.15, 0.2) is 18.2 Å². The van der Waals surface area contributed by atoms with Gasteiger partial charge in [0, 0.05) is 0 Å². The molecule has 1 aromatic carbocycles. The molecule has 5 N–H and O–H groups in total. The van der Waals surface area contributed by atoms with Crippen LogP contribution in [0.2, 0.25) is 0 Å². The number of rotatable bonds is 3. The molecule has 1 atom stereocenters. The van der Waals surface area contributed by atoms with E-state index in [2.05, 4.69) is 0 Å². The van der Waals surface area contributed by atoms with Crippen LogP contribution in [0.4, 0.5) is 0 Å². The number of hydrogen-bond donors (Lipinski definition) is 4. The van der Waals surface area contributed by atoms with Crippen LogP contribution in [0.1, 0.15) is 5.56 Å².